The number of rotatable bonds is 8. The summed E-state index contributed by atoms with van der Waals surface area (Å²) in [5.74, 6) is 2.35. The highest BCUT2D eigenvalue weighted by atomic mass is 32.2. The van der Waals surface area contributed by atoms with Gasteiger partial charge in [0.1, 0.15) is 13.2 Å². The van der Waals surface area contributed by atoms with Crippen molar-refractivity contribution in [3.63, 3.8) is 0 Å². The molecule has 3 aromatic rings. The third kappa shape index (κ3) is 4.56. The van der Waals surface area contributed by atoms with Crippen LogP contribution < -0.4 is 9.47 Å². The van der Waals surface area contributed by atoms with E-state index in [1.165, 1.54) is 5.56 Å². The van der Waals surface area contributed by atoms with E-state index >= 15 is 0 Å². The molecule has 0 spiro atoms. The van der Waals surface area contributed by atoms with Crippen LogP contribution >= 0.6 is 11.8 Å². The van der Waals surface area contributed by atoms with Gasteiger partial charge in [0.15, 0.2) is 11.5 Å². The van der Waals surface area contributed by atoms with Crippen molar-refractivity contribution in [3.8, 4) is 11.5 Å². The average molecular weight is 462 g/mol. The number of thioether (sulfide) groups is 1. The van der Waals surface area contributed by atoms with Gasteiger partial charge in [-0.05, 0) is 41.5 Å². The highest BCUT2D eigenvalue weighted by Gasteiger charge is 2.33. The molecule has 2 heterocycles. The van der Waals surface area contributed by atoms with Crippen LogP contribution in [0.5, 0.6) is 11.5 Å². The summed E-state index contributed by atoms with van der Waals surface area (Å²) in [5, 5.41) is 1.13. The highest BCUT2D eigenvalue weighted by molar-refractivity contribution is 7.97. The molecule has 1 N–H and O–H groups in total. The molecule has 0 bridgehead atoms. The van der Waals surface area contributed by atoms with E-state index in [1.54, 1.807) is 11.8 Å². The van der Waals surface area contributed by atoms with Crippen LogP contribution in [0.25, 0.3) is 10.9 Å². The quantitative estimate of drug-likeness (QED) is 0.499. The van der Waals surface area contributed by atoms with E-state index in [4.69, 9.17) is 13.7 Å². The number of benzene rings is 2. The van der Waals surface area contributed by atoms with E-state index in [0.717, 1.165) is 39.8 Å². The minimum absolute atomic E-state index is 0.0843. The molecule has 1 aliphatic heterocycles. The zero-order chi connectivity index (χ0) is 22.1. The molecule has 0 saturated carbocycles. The van der Waals surface area contributed by atoms with E-state index in [0.29, 0.717) is 25.4 Å². The molecule has 0 aliphatic carbocycles. The zero-order valence-corrected chi connectivity index (χ0v) is 19.6. The lowest BCUT2D eigenvalue weighted by Gasteiger charge is -2.31. The van der Waals surface area contributed by atoms with E-state index in [2.05, 4.69) is 36.4 Å². The fraction of sp³-hybridized carbons (Fsp3) is 0.391. The molecular formula is C23H27NO5S2. The van der Waals surface area contributed by atoms with Gasteiger partial charge in [0.2, 0.25) is 0 Å². The monoisotopic (exact) mass is 461 g/mol. The van der Waals surface area contributed by atoms with Gasteiger partial charge in [-0.25, -0.2) is 0 Å². The number of hydrogen-bond acceptors (Lipinski definition) is 6. The third-order valence-corrected chi connectivity index (χ3v) is 6.97. The Kier molecular flexibility index (Phi) is 6.23. The summed E-state index contributed by atoms with van der Waals surface area (Å²) in [6.45, 7) is 3.25. The van der Waals surface area contributed by atoms with Gasteiger partial charge in [-0.1, -0.05) is 31.2 Å². The van der Waals surface area contributed by atoms with Crippen LogP contribution in [0.4, 0.5) is 0 Å². The molecule has 166 valence electrons. The lowest BCUT2D eigenvalue weighted by molar-refractivity contribution is 0.171. The number of nitrogens with one attached hydrogen (secondary N) is 1. The maximum Gasteiger partial charge on any atom is 0.264 e. The van der Waals surface area contributed by atoms with Crippen molar-refractivity contribution >= 4 is 32.8 Å². The Morgan fingerprint density at radius 1 is 1.16 bits per heavy atom. The van der Waals surface area contributed by atoms with Crippen molar-refractivity contribution in [3.05, 3.63) is 59.3 Å². The lowest BCUT2D eigenvalue weighted by atomic mass is 9.73. The van der Waals surface area contributed by atoms with Crippen LogP contribution in [-0.2, 0) is 25.5 Å². The van der Waals surface area contributed by atoms with Crippen molar-refractivity contribution in [2.75, 3.05) is 32.3 Å². The minimum atomic E-state index is -3.52. The molecule has 2 aromatic carbocycles. The van der Waals surface area contributed by atoms with Crippen LogP contribution in [0.1, 0.15) is 30.0 Å². The number of ether oxygens (including phenoxy) is 2. The van der Waals surface area contributed by atoms with Crippen LogP contribution in [0.15, 0.2) is 42.6 Å². The summed E-state index contributed by atoms with van der Waals surface area (Å²) in [7, 11) is -3.52. The van der Waals surface area contributed by atoms with Gasteiger partial charge in [0, 0.05) is 28.3 Å². The molecule has 4 rings (SSSR count). The molecule has 1 aliphatic rings. The van der Waals surface area contributed by atoms with Gasteiger partial charge in [-0.3, -0.25) is 4.18 Å². The Balaban J connectivity index is 1.81. The van der Waals surface area contributed by atoms with Crippen LogP contribution in [0.2, 0.25) is 0 Å². The second-order valence-corrected chi connectivity index (χ2v) is 10.5. The van der Waals surface area contributed by atoms with Gasteiger partial charge < -0.3 is 14.5 Å². The van der Waals surface area contributed by atoms with Gasteiger partial charge in [-0.2, -0.15) is 20.2 Å². The summed E-state index contributed by atoms with van der Waals surface area (Å²) in [6, 6.07) is 12.3. The SMILES string of the molecule is CSCc1cccc2c(C(C)(CCOS(C)(=O)=O)c3ccc4c(c3)OCCO4)c[nH]c12. The number of aromatic nitrogens is 1. The number of aromatic amines is 1. The number of para-hydroxylation sites is 1. The molecule has 1 unspecified atom stereocenters. The smallest absolute Gasteiger partial charge is 0.264 e. The lowest BCUT2D eigenvalue weighted by Crippen LogP contribution is -2.27. The Hall–Kier alpha value is -2.16. The molecule has 1 atom stereocenters. The molecule has 6 nitrogen and oxygen atoms in total. The summed E-state index contributed by atoms with van der Waals surface area (Å²) >= 11 is 1.78. The predicted molar refractivity (Wildman–Crippen MR) is 125 cm³/mol. The van der Waals surface area contributed by atoms with Crippen LogP contribution in [-0.4, -0.2) is 45.7 Å². The Morgan fingerprint density at radius 3 is 2.68 bits per heavy atom. The first-order valence-electron chi connectivity index (χ1n) is 10.1. The van der Waals surface area contributed by atoms with Crippen molar-refractivity contribution in [1.82, 2.24) is 4.98 Å². The highest BCUT2D eigenvalue weighted by Crippen LogP contribution is 2.43. The Bertz CT molecular complexity index is 1190. The first kappa shape index (κ1) is 22.0. The number of fused-ring (bicyclic) bond motifs is 2. The van der Waals surface area contributed by atoms with Crippen molar-refractivity contribution in [1.29, 1.82) is 0 Å². The topological polar surface area (TPSA) is 77.6 Å². The molecule has 8 heteroatoms. The maximum absolute atomic E-state index is 11.6. The normalized spacial score (nSPS) is 15.7. The number of hydrogen-bond donors (Lipinski definition) is 1. The van der Waals surface area contributed by atoms with E-state index in [-0.39, 0.29) is 6.61 Å². The molecule has 0 amide bonds. The first-order valence-corrected chi connectivity index (χ1v) is 13.4. The summed E-state index contributed by atoms with van der Waals surface area (Å²) in [6.07, 6.45) is 5.68. The van der Waals surface area contributed by atoms with Crippen molar-refractivity contribution in [2.24, 2.45) is 0 Å². The Morgan fingerprint density at radius 2 is 1.94 bits per heavy atom. The maximum atomic E-state index is 11.6. The van der Waals surface area contributed by atoms with E-state index in [1.807, 2.05) is 24.4 Å². The van der Waals surface area contributed by atoms with Gasteiger partial charge in [0.25, 0.3) is 10.1 Å². The molecular weight excluding hydrogens is 434 g/mol. The van der Waals surface area contributed by atoms with Crippen molar-refractivity contribution in [2.45, 2.75) is 24.5 Å². The largest absolute Gasteiger partial charge is 0.486 e. The fourth-order valence-corrected chi connectivity index (χ4v) is 5.11. The second-order valence-electron chi connectivity index (χ2n) is 7.94. The van der Waals surface area contributed by atoms with Gasteiger partial charge in [0.05, 0.1) is 12.9 Å². The van der Waals surface area contributed by atoms with Crippen LogP contribution in [0.3, 0.4) is 0 Å². The minimum Gasteiger partial charge on any atom is -0.486 e. The summed E-state index contributed by atoms with van der Waals surface area (Å²) in [4.78, 5) is 3.46. The molecule has 0 fully saturated rings. The van der Waals surface area contributed by atoms with Gasteiger partial charge >= 0.3 is 0 Å². The van der Waals surface area contributed by atoms with Crippen LogP contribution in [0, 0.1) is 0 Å². The fourth-order valence-electron chi connectivity index (χ4n) is 4.17. The number of H-pyrrole nitrogens is 1. The summed E-state index contributed by atoms with van der Waals surface area (Å²) in [5.41, 5.74) is 3.97. The summed E-state index contributed by atoms with van der Waals surface area (Å²) < 4.78 is 39.8. The second kappa shape index (κ2) is 8.76. The van der Waals surface area contributed by atoms with E-state index in [9.17, 15) is 8.42 Å². The zero-order valence-electron chi connectivity index (χ0n) is 17.9. The Labute approximate surface area is 187 Å². The molecule has 1 aromatic heterocycles. The van der Waals surface area contributed by atoms with Gasteiger partial charge in [-0.15, -0.1) is 0 Å². The third-order valence-electron chi connectivity index (χ3n) is 5.77. The molecule has 0 saturated heterocycles. The van der Waals surface area contributed by atoms with Crippen molar-refractivity contribution < 1.29 is 22.1 Å². The standard InChI is InChI=1S/C23H27NO5S2/c1-23(9-10-29-31(3,25)26,17-7-8-20-21(13-17)28-12-11-27-20)19-14-24-22-16(15-30-2)5-4-6-18(19)22/h4-8,13-14,24H,9-12,15H2,1-3H3. The van der Waals surface area contributed by atoms with E-state index < -0.39 is 15.5 Å². The predicted octanol–water partition coefficient (Wildman–Crippen LogP) is 4.47. The molecule has 31 heavy (non-hydrogen) atoms. The average Bonchev–Trinajstić information content (AvgIpc) is 3.18. The first-order chi connectivity index (χ1) is 14.8. The molecule has 0 radical (unpaired) electrons.